The molecule has 9 nitrogen and oxygen atoms in total. The van der Waals surface area contributed by atoms with Gasteiger partial charge in [0.15, 0.2) is 5.03 Å². The van der Waals surface area contributed by atoms with Crippen LogP contribution in [0.2, 0.25) is 0 Å². The van der Waals surface area contributed by atoms with Crippen molar-refractivity contribution in [1.29, 1.82) is 0 Å². The monoisotopic (exact) mass is 435 g/mol. The highest BCUT2D eigenvalue weighted by Crippen LogP contribution is 2.31. The Morgan fingerprint density at radius 1 is 1.10 bits per heavy atom. The number of rotatable bonds is 10. The molecule has 2 aromatic rings. The molecule has 0 aliphatic heterocycles. The Balaban J connectivity index is 0.000000479. The van der Waals surface area contributed by atoms with Crippen molar-refractivity contribution in [3.05, 3.63) is 54.9 Å². The average Bonchev–Trinajstić information content (AvgIpc) is 2.71. The maximum Gasteiger partial charge on any atom is 0.328 e. The minimum Gasteiger partial charge on any atom is -0.478 e. The highest BCUT2D eigenvalue weighted by Gasteiger charge is 2.11. The van der Waals surface area contributed by atoms with Gasteiger partial charge in [-0.05, 0) is 12.1 Å². The Bertz CT molecular complexity index is 801. The highest BCUT2D eigenvalue weighted by atomic mass is 32.2. The summed E-state index contributed by atoms with van der Waals surface area (Å²) in [5.41, 5.74) is 0. The number of hydrogen-bond donors (Lipinski definition) is 4. The number of hydrogen-bond acceptors (Lipinski definition) is 8. The van der Waals surface area contributed by atoms with Gasteiger partial charge in [0.25, 0.3) is 0 Å². The first kappa shape index (κ1) is 25.1. The lowest BCUT2D eigenvalue weighted by Gasteiger charge is -2.15. The van der Waals surface area contributed by atoms with E-state index < -0.39 is 18.0 Å². The first-order valence-corrected chi connectivity index (χ1v) is 9.81. The summed E-state index contributed by atoms with van der Waals surface area (Å²) < 4.78 is 5.62. The molecule has 1 atom stereocenters. The molecule has 0 amide bonds. The lowest BCUT2D eigenvalue weighted by atomic mass is 10.3. The number of carboxylic acid groups (broad SMARTS) is 2. The lowest BCUT2D eigenvalue weighted by Crippen LogP contribution is -2.35. The minimum absolute atomic E-state index is 0.181. The molecule has 0 bridgehead atoms. The molecular formula is C20H25N3O6S. The summed E-state index contributed by atoms with van der Waals surface area (Å²) >= 11 is 1.49. The van der Waals surface area contributed by atoms with E-state index in [-0.39, 0.29) is 6.61 Å². The Hall–Kier alpha value is -2.95. The number of aliphatic hydroxyl groups excluding tert-OH is 1. The Morgan fingerprint density at radius 3 is 2.27 bits per heavy atom. The molecule has 0 saturated carbocycles. The van der Waals surface area contributed by atoms with E-state index >= 15 is 0 Å². The average molecular weight is 436 g/mol. The lowest BCUT2D eigenvalue weighted by molar-refractivity contribution is -0.134. The predicted octanol–water partition coefficient (Wildman–Crippen LogP) is 2.08. The second-order valence-corrected chi connectivity index (χ2v) is 7.18. The standard InChI is InChI=1S/C16H21N3O2S.C4H4O4/c1-12(2)19-10-13(20)11-21-15-16(18-9-8-17-15)22-14-6-4-3-5-7-14;5-3(6)1-2-4(7)8/h3-9,12-13,19-20H,10-11H2,1-2H3;1-2H,(H,5,6)(H,7,8)/b;2-1+. The van der Waals surface area contributed by atoms with Gasteiger partial charge in [0.1, 0.15) is 12.7 Å². The summed E-state index contributed by atoms with van der Waals surface area (Å²) in [6.07, 6.45) is 3.75. The number of nitrogens with one attached hydrogen (secondary N) is 1. The van der Waals surface area contributed by atoms with Gasteiger partial charge in [-0.3, -0.25) is 0 Å². The second-order valence-electron chi connectivity index (χ2n) is 6.12. The molecule has 1 aromatic heterocycles. The second kappa shape index (κ2) is 14.1. The third-order valence-electron chi connectivity index (χ3n) is 3.13. The van der Waals surface area contributed by atoms with Crippen LogP contribution >= 0.6 is 11.8 Å². The van der Waals surface area contributed by atoms with Gasteiger partial charge >= 0.3 is 11.9 Å². The molecular weight excluding hydrogens is 410 g/mol. The van der Waals surface area contributed by atoms with Crippen LogP contribution in [-0.4, -0.2) is 62.5 Å². The largest absolute Gasteiger partial charge is 0.478 e. The first-order valence-electron chi connectivity index (χ1n) is 9.00. The van der Waals surface area contributed by atoms with E-state index in [2.05, 4.69) is 15.3 Å². The molecule has 0 radical (unpaired) electrons. The van der Waals surface area contributed by atoms with Gasteiger partial charge in [-0.2, -0.15) is 0 Å². The fourth-order valence-corrected chi connectivity index (χ4v) is 2.66. The van der Waals surface area contributed by atoms with Crippen molar-refractivity contribution < 1.29 is 29.6 Å². The summed E-state index contributed by atoms with van der Waals surface area (Å²) in [5, 5.41) is 29.4. The third-order valence-corrected chi connectivity index (χ3v) is 4.11. The molecule has 10 heteroatoms. The van der Waals surface area contributed by atoms with Gasteiger partial charge in [0, 0.05) is 42.0 Å². The van der Waals surface area contributed by atoms with Crippen LogP contribution < -0.4 is 10.1 Å². The summed E-state index contributed by atoms with van der Waals surface area (Å²) in [6, 6.07) is 10.3. The van der Waals surface area contributed by atoms with Crippen LogP contribution in [0, 0.1) is 0 Å². The van der Waals surface area contributed by atoms with Crippen LogP contribution in [0.4, 0.5) is 0 Å². The van der Waals surface area contributed by atoms with E-state index in [0.717, 1.165) is 4.90 Å². The van der Waals surface area contributed by atoms with Crippen molar-refractivity contribution in [1.82, 2.24) is 15.3 Å². The minimum atomic E-state index is -1.26. The van der Waals surface area contributed by atoms with Crippen LogP contribution in [0.5, 0.6) is 5.88 Å². The molecule has 162 valence electrons. The molecule has 0 saturated heterocycles. The van der Waals surface area contributed by atoms with Crippen LogP contribution in [0.25, 0.3) is 0 Å². The first-order chi connectivity index (χ1) is 14.3. The number of aromatic nitrogens is 2. The topological polar surface area (TPSA) is 142 Å². The smallest absolute Gasteiger partial charge is 0.328 e. The zero-order valence-corrected chi connectivity index (χ0v) is 17.5. The van der Waals surface area contributed by atoms with Gasteiger partial charge < -0.3 is 25.4 Å². The Kier molecular flexibility index (Phi) is 11.8. The van der Waals surface area contributed by atoms with Crippen molar-refractivity contribution in [2.45, 2.75) is 35.9 Å². The van der Waals surface area contributed by atoms with Gasteiger partial charge in [0.05, 0.1) is 0 Å². The normalized spacial score (nSPS) is 11.6. The number of ether oxygens (including phenoxy) is 1. The molecule has 4 N–H and O–H groups in total. The van der Waals surface area contributed by atoms with Crippen molar-refractivity contribution >= 4 is 23.7 Å². The molecule has 0 spiro atoms. The van der Waals surface area contributed by atoms with Crippen LogP contribution in [0.15, 0.2) is 64.8 Å². The summed E-state index contributed by atoms with van der Waals surface area (Å²) in [4.78, 5) is 28.7. The molecule has 1 aromatic carbocycles. The Labute approximate surface area is 178 Å². The van der Waals surface area contributed by atoms with E-state index in [9.17, 15) is 14.7 Å². The van der Waals surface area contributed by atoms with Crippen molar-refractivity contribution in [2.24, 2.45) is 0 Å². The number of carbonyl (C=O) groups is 2. The zero-order valence-electron chi connectivity index (χ0n) is 16.6. The van der Waals surface area contributed by atoms with Gasteiger partial charge in [-0.1, -0.05) is 43.8 Å². The zero-order chi connectivity index (χ0) is 22.4. The van der Waals surface area contributed by atoms with Gasteiger partial charge in [-0.25, -0.2) is 19.6 Å². The van der Waals surface area contributed by atoms with Gasteiger partial charge in [0.2, 0.25) is 5.88 Å². The Morgan fingerprint density at radius 2 is 1.70 bits per heavy atom. The van der Waals surface area contributed by atoms with E-state index in [1.54, 1.807) is 12.4 Å². The quantitative estimate of drug-likeness (QED) is 0.410. The number of aliphatic carboxylic acids is 2. The fraction of sp³-hybridized carbons (Fsp3) is 0.300. The number of aliphatic hydroxyl groups is 1. The molecule has 0 aliphatic carbocycles. The van der Waals surface area contributed by atoms with Crippen LogP contribution in [0.1, 0.15) is 13.8 Å². The van der Waals surface area contributed by atoms with E-state index in [1.165, 1.54) is 11.8 Å². The SMILES string of the molecule is CC(C)NCC(O)COc1nccnc1Sc1ccccc1.O=C(O)/C=C/C(=O)O. The number of nitrogens with zero attached hydrogens (tertiary/aromatic N) is 2. The van der Waals surface area contributed by atoms with E-state index in [0.29, 0.717) is 35.6 Å². The van der Waals surface area contributed by atoms with E-state index in [1.807, 2.05) is 44.2 Å². The molecule has 2 rings (SSSR count). The highest BCUT2D eigenvalue weighted by molar-refractivity contribution is 7.99. The van der Waals surface area contributed by atoms with Crippen LogP contribution in [0.3, 0.4) is 0 Å². The molecule has 0 fully saturated rings. The van der Waals surface area contributed by atoms with Crippen LogP contribution in [-0.2, 0) is 9.59 Å². The van der Waals surface area contributed by atoms with E-state index in [4.69, 9.17) is 14.9 Å². The number of benzene rings is 1. The van der Waals surface area contributed by atoms with Crippen molar-refractivity contribution in [3.63, 3.8) is 0 Å². The molecule has 0 aliphatic rings. The molecule has 1 unspecified atom stereocenters. The van der Waals surface area contributed by atoms with Gasteiger partial charge in [-0.15, -0.1) is 0 Å². The molecule has 1 heterocycles. The predicted molar refractivity (Wildman–Crippen MR) is 112 cm³/mol. The summed E-state index contributed by atoms with van der Waals surface area (Å²) in [6.45, 7) is 4.73. The fourth-order valence-electron chi connectivity index (χ4n) is 1.83. The summed E-state index contributed by atoms with van der Waals surface area (Å²) in [7, 11) is 0. The maximum atomic E-state index is 9.90. The maximum absolute atomic E-state index is 9.90. The summed E-state index contributed by atoms with van der Waals surface area (Å²) in [5.74, 6) is -2.07. The molecule has 30 heavy (non-hydrogen) atoms. The van der Waals surface area contributed by atoms with Crippen molar-refractivity contribution in [3.8, 4) is 5.88 Å². The third kappa shape index (κ3) is 11.8. The van der Waals surface area contributed by atoms with Crippen molar-refractivity contribution in [2.75, 3.05) is 13.2 Å². The number of carboxylic acids is 2.